The third-order valence-electron chi connectivity index (χ3n) is 1.18. The van der Waals surface area contributed by atoms with E-state index in [0.29, 0.717) is 13.2 Å². The minimum atomic E-state index is -3.40. The molecule has 5 N–H and O–H groups in total. The van der Waals surface area contributed by atoms with Crippen LogP contribution >= 0.6 is 7.67 Å². The third kappa shape index (κ3) is 3.81. The molecule has 0 spiro atoms. The van der Waals surface area contributed by atoms with E-state index in [4.69, 9.17) is 20.3 Å². The first kappa shape index (κ1) is 9.12. The molecule has 1 fully saturated rings. The number of nitrogens with two attached hydrogens (primary N) is 2. The third-order valence-corrected chi connectivity index (χ3v) is 1.74. The summed E-state index contributed by atoms with van der Waals surface area (Å²) in [4.78, 5) is 0. The minimum Gasteiger partial charge on any atom is -0.349 e. The molecule has 7 heteroatoms. The van der Waals surface area contributed by atoms with Gasteiger partial charge < -0.3 is 10.1 Å². The minimum absolute atomic E-state index is 0.471. The van der Waals surface area contributed by atoms with E-state index in [1.807, 2.05) is 0 Å². The molecule has 1 aliphatic rings. The maximum absolute atomic E-state index is 10.7. The lowest BCUT2D eigenvalue weighted by molar-refractivity contribution is -0.0934. The molecule has 0 amide bonds. The van der Waals surface area contributed by atoms with Crippen molar-refractivity contribution in [1.29, 1.82) is 0 Å². The highest BCUT2D eigenvalue weighted by Crippen LogP contribution is 2.29. The van der Waals surface area contributed by atoms with Crippen molar-refractivity contribution in [3.05, 3.63) is 0 Å². The van der Waals surface area contributed by atoms with Crippen LogP contribution in [0.15, 0.2) is 0 Å². The zero-order chi connectivity index (χ0) is 8.32. The second-order valence-electron chi connectivity index (χ2n) is 2.26. The summed E-state index contributed by atoms with van der Waals surface area (Å²) in [5.41, 5.74) is 9.94. The number of hydrogen-bond acceptors (Lipinski definition) is 4. The summed E-state index contributed by atoms with van der Waals surface area (Å²) in [5.74, 6) is 0. The van der Waals surface area contributed by atoms with Crippen molar-refractivity contribution in [3.63, 3.8) is 0 Å². The first-order chi connectivity index (χ1) is 5.08. The van der Waals surface area contributed by atoms with Gasteiger partial charge in [-0.25, -0.2) is 11.0 Å². The van der Waals surface area contributed by atoms with E-state index in [1.165, 1.54) is 0 Å². The van der Waals surface area contributed by atoms with Gasteiger partial charge in [-0.1, -0.05) is 0 Å². The van der Waals surface area contributed by atoms with Crippen LogP contribution in [-0.4, -0.2) is 26.0 Å². The zero-order valence-corrected chi connectivity index (χ0v) is 6.92. The van der Waals surface area contributed by atoms with Crippen molar-refractivity contribution < 1.29 is 13.8 Å². The van der Waals surface area contributed by atoms with Gasteiger partial charge in [-0.15, -0.1) is 0 Å². The molecule has 0 aromatic heterocycles. The van der Waals surface area contributed by atoms with Crippen molar-refractivity contribution in [2.24, 2.45) is 11.0 Å². The molecule has 1 heterocycles. The standard InChI is InChI=1S/C4H12N3O3P/c5-11(6,8)10-4-3-7-1-2-9-4/h4,7H,1-3H2,(H4,5,6,8). The highest BCUT2D eigenvalue weighted by Gasteiger charge is 2.20. The lowest BCUT2D eigenvalue weighted by Crippen LogP contribution is -2.40. The van der Waals surface area contributed by atoms with Crippen molar-refractivity contribution in [2.45, 2.75) is 6.29 Å². The molecule has 0 aliphatic carbocycles. The number of hydrogen-bond donors (Lipinski definition) is 3. The molecule has 0 aromatic rings. The number of morpholine rings is 1. The van der Waals surface area contributed by atoms with Crippen LogP contribution in [0.25, 0.3) is 0 Å². The fourth-order valence-electron chi connectivity index (χ4n) is 0.793. The first-order valence-corrected chi connectivity index (χ1v) is 5.02. The molecule has 6 nitrogen and oxygen atoms in total. The SMILES string of the molecule is NP(N)(=O)OC1CNCCO1. The largest absolute Gasteiger partial charge is 0.349 e. The molecule has 1 atom stereocenters. The summed E-state index contributed by atoms with van der Waals surface area (Å²) in [5, 5.41) is 2.98. The normalized spacial score (nSPS) is 26.9. The van der Waals surface area contributed by atoms with Crippen molar-refractivity contribution >= 4 is 7.67 Å². The number of ether oxygens (including phenoxy) is 1. The fourth-order valence-corrected chi connectivity index (χ4v) is 1.30. The maximum Gasteiger partial charge on any atom is 0.337 e. The lowest BCUT2D eigenvalue weighted by atomic mass is 10.5. The Labute approximate surface area is 64.8 Å². The zero-order valence-electron chi connectivity index (χ0n) is 6.03. The molecule has 0 bridgehead atoms. The van der Waals surface area contributed by atoms with Gasteiger partial charge in [-0.2, -0.15) is 0 Å². The molecule has 0 radical (unpaired) electrons. The second-order valence-corrected chi connectivity index (χ2v) is 3.76. The molecular weight excluding hydrogens is 169 g/mol. The van der Waals surface area contributed by atoms with E-state index in [-0.39, 0.29) is 0 Å². The summed E-state index contributed by atoms with van der Waals surface area (Å²) >= 11 is 0. The highest BCUT2D eigenvalue weighted by atomic mass is 31.2. The van der Waals surface area contributed by atoms with Gasteiger partial charge in [0.05, 0.1) is 6.61 Å². The van der Waals surface area contributed by atoms with Gasteiger partial charge in [0.15, 0.2) is 6.29 Å². The Bertz CT molecular complexity index is 164. The van der Waals surface area contributed by atoms with E-state index >= 15 is 0 Å². The topological polar surface area (TPSA) is 99.6 Å². The second kappa shape index (κ2) is 3.62. The molecule has 1 unspecified atom stereocenters. The van der Waals surface area contributed by atoms with Crippen molar-refractivity contribution in [3.8, 4) is 0 Å². The Morgan fingerprint density at radius 2 is 2.36 bits per heavy atom. The summed E-state index contributed by atoms with van der Waals surface area (Å²) in [6.45, 7) is 1.75. The van der Waals surface area contributed by atoms with Crippen molar-refractivity contribution in [1.82, 2.24) is 5.32 Å². The summed E-state index contributed by atoms with van der Waals surface area (Å²) in [7, 11) is -3.40. The van der Waals surface area contributed by atoms with E-state index in [1.54, 1.807) is 0 Å². The number of rotatable bonds is 2. The average molecular weight is 181 g/mol. The number of nitrogens with one attached hydrogen (secondary N) is 1. The van der Waals surface area contributed by atoms with Crippen LogP contribution in [0.1, 0.15) is 0 Å². The maximum atomic E-state index is 10.7. The monoisotopic (exact) mass is 181 g/mol. The van der Waals surface area contributed by atoms with Crippen LogP contribution in [0, 0.1) is 0 Å². The summed E-state index contributed by atoms with van der Waals surface area (Å²) < 4.78 is 20.5. The van der Waals surface area contributed by atoms with Gasteiger partial charge in [0.25, 0.3) is 0 Å². The van der Waals surface area contributed by atoms with Crippen molar-refractivity contribution in [2.75, 3.05) is 19.7 Å². The van der Waals surface area contributed by atoms with E-state index in [0.717, 1.165) is 6.54 Å². The quantitative estimate of drug-likeness (QED) is 0.471. The molecular formula is C4H12N3O3P. The lowest BCUT2D eigenvalue weighted by Gasteiger charge is -2.24. The Hall–Kier alpha value is 0.0300. The van der Waals surface area contributed by atoms with Gasteiger partial charge in [-0.3, -0.25) is 9.09 Å². The van der Waals surface area contributed by atoms with Gasteiger partial charge >= 0.3 is 7.67 Å². The van der Waals surface area contributed by atoms with Gasteiger partial charge in [0.2, 0.25) is 0 Å². The molecule has 0 aromatic carbocycles. The van der Waals surface area contributed by atoms with Gasteiger partial charge in [0, 0.05) is 13.1 Å². The van der Waals surface area contributed by atoms with Crippen LogP contribution in [0.5, 0.6) is 0 Å². The van der Waals surface area contributed by atoms with Crippen LogP contribution in [0.4, 0.5) is 0 Å². The van der Waals surface area contributed by atoms with E-state index < -0.39 is 14.0 Å². The van der Waals surface area contributed by atoms with Gasteiger partial charge in [-0.05, 0) is 0 Å². The predicted molar refractivity (Wildman–Crippen MR) is 39.7 cm³/mol. The summed E-state index contributed by atoms with van der Waals surface area (Å²) in [6.07, 6.45) is -0.579. The first-order valence-electron chi connectivity index (χ1n) is 3.26. The van der Waals surface area contributed by atoms with Crippen LogP contribution in [0.2, 0.25) is 0 Å². The molecule has 0 saturated carbocycles. The molecule has 66 valence electrons. The van der Waals surface area contributed by atoms with Crippen LogP contribution in [0.3, 0.4) is 0 Å². The van der Waals surface area contributed by atoms with Crippen LogP contribution in [-0.2, 0) is 13.8 Å². The van der Waals surface area contributed by atoms with E-state index in [9.17, 15) is 4.57 Å². The highest BCUT2D eigenvalue weighted by molar-refractivity contribution is 7.53. The molecule has 1 aliphatic heterocycles. The van der Waals surface area contributed by atoms with Crippen LogP contribution < -0.4 is 16.3 Å². The molecule has 11 heavy (non-hydrogen) atoms. The predicted octanol–water partition coefficient (Wildman–Crippen LogP) is -1.03. The smallest absolute Gasteiger partial charge is 0.337 e. The molecule has 1 rings (SSSR count). The Kier molecular flexibility index (Phi) is 3.00. The molecule has 1 saturated heterocycles. The fraction of sp³-hybridized carbons (Fsp3) is 1.00. The Morgan fingerprint density at radius 3 is 2.82 bits per heavy atom. The average Bonchev–Trinajstić information content (AvgIpc) is 1.85. The van der Waals surface area contributed by atoms with E-state index in [2.05, 4.69) is 5.32 Å². The Balaban J connectivity index is 2.30. The van der Waals surface area contributed by atoms with Gasteiger partial charge in [0.1, 0.15) is 0 Å². The Morgan fingerprint density at radius 1 is 1.64 bits per heavy atom. The summed E-state index contributed by atoms with van der Waals surface area (Å²) in [6, 6.07) is 0.